The highest BCUT2D eigenvalue weighted by Crippen LogP contribution is 2.31. The Bertz CT molecular complexity index is 1090. The maximum absolute atomic E-state index is 5.47. The second-order valence-electron chi connectivity index (χ2n) is 7.26. The summed E-state index contributed by atoms with van der Waals surface area (Å²) in [5.74, 6) is 2.35. The van der Waals surface area contributed by atoms with Crippen molar-refractivity contribution in [1.82, 2.24) is 9.55 Å². The van der Waals surface area contributed by atoms with E-state index in [1.54, 1.807) is 14.2 Å². The third-order valence-corrected chi connectivity index (χ3v) is 5.10. The van der Waals surface area contributed by atoms with Crippen molar-refractivity contribution in [2.75, 3.05) is 14.2 Å². The van der Waals surface area contributed by atoms with Gasteiger partial charge in [0.25, 0.3) is 0 Å². The van der Waals surface area contributed by atoms with E-state index >= 15 is 0 Å². The zero-order chi connectivity index (χ0) is 21.1. The van der Waals surface area contributed by atoms with Gasteiger partial charge in [-0.25, -0.2) is 9.98 Å². The van der Waals surface area contributed by atoms with E-state index < -0.39 is 0 Å². The van der Waals surface area contributed by atoms with Crippen LogP contribution >= 0.6 is 0 Å². The van der Waals surface area contributed by atoms with Crippen molar-refractivity contribution in [2.45, 2.75) is 34.1 Å². The lowest BCUT2D eigenvalue weighted by Crippen LogP contribution is -2.23. The van der Waals surface area contributed by atoms with Crippen LogP contribution in [-0.2, 0) is 13.5 Å². The van der Waals surface area contributed by atoms with Gasteiger partial charge in [-0.3, -0.25) is 0 Å². The maximum atomic E-state index is 5.47. The van der Waals surface area contributed by atoms with Gasteiger partial charge >= 0.3 is 0 Å². The highest BCUT2D eigenvalue weighted by molar-refractivity contribution is 5.64. The molecule has 0 aliphatic rings. The predicted octanol–water partition coefficient (Wildman–Crippen LogP) is 4.82. The summed E-state index contributed by atoms with van der Waals surface area (Å²) >= 11 is 0. The van der Waals surface area contributed by atoms with Crippen LogP contribution in [0.15, 0.2) is 41.4 Å². The molecule has 152 valence electrons. The van der Waals surface area contributed by atoms with Crippen LogP contribution in [0, 0.1) is 20.8 Å². The van der Waals surface area contributed by atoms with Gasteiger partial charge in [0.2, 0.25) is 0 Å². The fraction of sp³-hybridized carbons (Fsp3) is 0.333. The lowest BCUT2D eigenvalue weighted by molar-refractivity contribution is 0.355. The number of ether oxygens (including phenoxy) is 2. The predicted molar refractivity (Wildman–Crippen MR) is 117 cm³/mol. The second kappa shape index (κ2) is 8.52. The molecule has 0 unspecified atom stereocenters. The third-order valence-electron chi connectivity index (χ3n) is 5.10. The van der Waals surface area contributed by atoms with Crippen LogP contribution in [0.25, 0.3) is 11.3 Å². The molecule has 0 saturated heterocycles. The highest BCUT2D eigenvalue weighted by atomic mass is 16.5. The first-order valence-electron chi connectivity index (χ1n) is 9.79. The molecule has 0 saturated carbocycles. The van der Waals surface area contributed by atoms with Gasteiger partial charge in [0.05, 0.1) is 25.6 Å². The quantitative estimate of drug-likeness (QED) is 0.626. The number of nitrogens with zero attached hydrogens (tertiary/aromatic N) is 3. The molecule has 0 fully saturated rings. The Labute approximate surface area is 172 Å². The van der Waals surface area contributed by atoms with Crippen molar-refractivity contribution in [3.05, 3.63) is 64.4 Å². The van der Waals surface area contributed by atoms with Crippen LogP contribution < -0.4 is 15.0 Å². The summed E-state index contributed by atoms with van der Waals surface area (Å²) < 4.78 is 12.9. The number of aromatic nitrogens is 2. The van der Waals surface area contributed by atoms with Crippen LogP contribution in [0.1, 0.15) is 29.4 Å². The van der Waals surface area contributed by atoms with Crippen LogP contribution in [0.4, 0.5) is 5.69 Å². The van der Waals surface area contributed by atoms with Gasteiger partial charge in [0.1, 0.15) is 11.3 Å². The monoisotopic (exact) mass is 391 g/mol. The number of hydrogen-bond acceptors (Lipinski definition) is 4. The van der Waals surface area contributed by atoms with Gasteiger partial charge < -0.3 is 14.0 Å². The molecule has 3 aromatic rings. The summed E-state index contributed by atoms with van der Waals surface area (Å²) in [5, 5.41) is 0. The van der Waals surface area contributed by atoms with Crippen molar-refractivity contribution in [2.24, 2.45) is 12.0 Å². The molecule has 29 heavy (non-hydrogen) atoms. The molecule has 5 heteroatoms. The van der Waals surface area contributed by atoms with E-state index in [1.807, 2.05) is 31.3 Å². The molecule has 3 rings (SSSR count). The number of benzene rings is 2. The molecule has 0 N–H and O–H groups in total. The van der Waals surface area contributed by atoms with Gasteiger partial charge in [-0.15, -0.1) is 0 Å². The molecule has 0 spiro atoms. The fourth-order valence-electron chi connectivity index (χ4n) is 3.63. The van der Waals surface area contributed by atoms with E-state index in [2.05, 4.69) is 44.4 Å². The first-order valence-corrected chi connectivity index (χ1v) is 9.79. The topological polar surface area (TPSA) is 48.6 Å². The molecule has 0 atom stereocenters. The molecule has 1 heterocycles. The summed E-state index contributed by atoms with van der Waals surface area (Å²) in [6.07, 6.45) is 0.812. The Balaban J connectivity index is 2.23. The minimum absolute atomic E-state index is 0.682. The van der Waals surface area contributed by atoms with Crippen molar-refractivity contribution in [3.63, 3.8) is 0 Å². The van der Waals surface area contributed by atoms with Crippen molar-refractivity contribution < 1.29 is 9.47 Å². The Morgan fingerprint density at radius 2 is 1.59 bits per heavy atom. The van der Waals surface area contributed by atoms with Crippen LogP contribution in [0.5, 0.6) is 11.5 Å². The Hall–Kier alpha value is -3.08. The SMILES string of the molecule is CCc1nc(-c2ccc(OC)c(OC)c2)c/c(=N/c2c(C)cc(C)cc2C)n1C. The molecule has 0 bridgehead atoms. The normalized spacial score (nSPS) is 11.6. The van der Waals surface area contributed by atoms with E-state index in [9.17, 15) is 0 Å². The van der Waals surface area contributed by atoms with Crippen LogP contribution in [0.3, 0.4) is 0 Å². The van der Waals surface area contributed by atoms with Gasteiger partial charge in [-0.1, -0.05) is 24.6 Å². The largest absolute Gasteiger partial charge is 0.493 e. The Morgan fingerprint density at radius 1 is 0.931 bits per heavy atom. The minimum Gasteiger partial charge on any atom is -0.493 e. The molecule has 2 aromatic carbocycles. The van der Waals surface area contributed by atoms with E-state index in [4.69, 9.17) is 19.5 Å². The van der Waals surface area contributed by atoms with Crippen molar-refractivity contribution in [3.8, 4) is 22.8 Å². The fourth-order valence-corrected chi connectivity index (χ4v) is 3.63. The molecular formula is C24H29N3O2. The van der Waals surface area contributed by atoms with Gasteiger partial charge in [-0.05, 0) is 50.1 Å². The lowest BCUT2D eigenvalue weighted by Gasteiger charge is -2.13. The number of hydrogen-bond donors (Lipinski definition) is 0. The summed E-state index contributed by atoms with van der Waals surface area (Å²) in [5.41, 5.74) is 7.30. The van der Waals surface area contributed by atoms with Crippen molar-refractivity contribution >= 4 is 5.69 Å². The molecule has 0 aliphatic carbocycles. The van der Waals surface area contributed by atoms with Crippen LogP contribution in [0.2, 0.25) is 0 Å². The summed E-state index contributed by atoms with van der Waals surface area (Å²) in [6.45, 7) is 8.43. The first kappa shape index (κ1) is 20.6. The number of rotatable bonds is 5. The molecular weight excluding hydrogens is 362 g/mol. The van der Waals surface area contributed by atoms with Gasteiger partial charge in [0.15, 0.2) is 11.5 Å². The van der Waals surface area contributed by atoms with Crippen molar-refractivity contribution in [1.29, 1.82) is 0 Å². The first-order chi connectivity index (χ1) is 13.9. The average molecular weight is 392 g/mol. The molecule has 0 amide bonds. The smallest absolute Gasteiger partial charge is 0.161 e. The van der Waals surface area contributed by atoms with Gasteiger partial charge in [-0.2, -0.15) is 0 Å². The Morgan fingerprint density at radius 3 is 2.17 bits per heavy atom. The summed E-state index contributed by atoms with van der Waals surface area (Å²) in [4.78, 5) is 9.88. The highest BCUT2D eigenvalue weighted by Gasteiger charge is 2.11. The van der Waals surface area contributed by atoms with E-state index in [1.165, 1.54) is 16.7 Å². The standard InChI is InChI=1S/C24H29N3O2/c1-8-22-25-19(18-9-10-20(28-6)21(13-18)29-7)14-23(27(22)5)26-24-16(3)11-15(2)12-17(24)4/h9-14H,8H2,1-7H3/b26-23-. The number of aryl methyl sites for hydroxylation is 4. The summed E-state index contributed by atoms with van der Waals surface area (Å²) in [6, 6.07) is 12.2. The second-order valence-corrected chi connectivity index (χ2v) is 7.26. The summed E-state index contributed by atoms with van der Waals surface area (Å²) in [7, 11) is 5.29. The van der Waals surface area contributed by atoms with Gasteiger partial charge in [0, 0.05) is 25.1 Å². The molecule has 0 radical (unpaired) electrons. The lowest BCUT2D eigenvalue weighted by atomic mass is 10.1. The van der Waals surface area contributed by atoms with E-state index in [0.717, 1.165) is 34.7 Å². The molecule has 1 aromatic heterocycles. The minimum atomic E-state index is 0.682. The zero-order valence-electron chi connectivity index (χ0n) is 18.3. The maximum Gasteiger partial charge on any atom is 0.161 e. The molecule has 5 nitrogen and oxygen atoms in total. The average Bonchev–Trinajstić information content (AvgIpc) is 2.71. The number of methoxy groups -OCH3 is 2. The van der Waals surface area contributed by atoms with E-state index in [-0.39, 0.29) is 0 Å². The van der Waals surface area contributed by atoms with Crippen LogP contribution in [-0.4, -0.2) is 23.8 Å². The Kier molecular flexibility index (Phi) is 6.06. The van der Waals surface area contributed by atoms with E-state index in [0.29, 0.717) is 11.5 Å². The molecule has 0 aliphatic heterocycles. The zero-order valence-corrected chi connectivity index (χ0v) is 18.3. The third kappa shape index (κ3) is 4.19.